The quantitative estimate of drug-likeness (QED) is 0.782. The van der Waals surface area contributed by atoms with Gasteiger partial charge >= 0.3 is 0 Å². The molecule has 1 aromatic carbocycles. The molecule has 2 heterocycles. The maximum atomic E-state index is 12.2. The van der Waals surface area contributed by atoms with Crippen molar-refractivity contribution in [3.8, 4) is 5.69 Å². The van der Waals surface area contributed by atoms with Gasteiger partial charge in [0.2, 0.25) is 5.95 Å². The SMILES string of the molecule is CCCNC(=O)c1cc2nc(N(C)C)n(-c3ccccc3)c2s1. The van der Waals surface area contributed by atoms with Crippen LogP contribution in [0.4, 0.5) is 5.95 Å². The lowest BCUT2D eigenvalue weighted by molar-refractivity contribution is 0.0958. The fraction of sp³-hybridized carbons (Fsp3) is 0.294. The predicted molar refractivity (Wildman–Crippen MR) is 95.9 cm³/mol. The highest BCUT2D eigenvalue weighted by molar-refractivity contribution is 7.20. The number of carbonyl (C=O) groups is 1. The highest BCUT2D eigenvalue weighted by atomic mass is 32.1. The van der Waals surface area contributed by atoms with E-state index in [2.05, 4.69) is 9.88 Å². The number of carbonyl (C=O) groups excluding carboxylic acids is 1. The van der Waals surface area contributed by atoms with E-state index in [1.165, 1.54) is 11.3 Å². The van der Waals surface area contributed by atoms with Crippen LogP contribution >= 0.6 is 11.3 Å². The molecular formula is C17H20N4OS. The first-order valence-corrected chi connectivity index (χ1v) is 8.46. The van der Waals surface area contributed by atoms with E-state index in [-0.39, 0.29) is 5.91 Å². The van der Waals surface area contributed by atoms with Gasteiger partial charge in [0.15, 0.2) is 0 Å². The van der Waals surface area contributed by atoms with E-state index >= 15 is 0 Å². The number of nitrogens with zero attached hydrogens (tertiary/aromatic N) is 3. The van der Waals surface area contributed by atoms with Gasteiger partial charge in [0.05, 0.1) is 4.88 Å². The second-order valence-electron chi connectivity index (χ2n) is 5.53. The second kappa shape index (κ2) is 6.42. The minimum absolute atomic E-state index is 0.0270. The van der Waals surface area contributed by atoms with E-state index in [0.717, 1.165) is 28.4 Å². The first-order valence-electron chi connectivity index (χ1n) is 7.65. The Labute approximate surface area is 139 Å². The molecule has 0 aliphatic heterocycles. The zero-order valence-electron chi connectivity index (χ0n) is 13.5. The Balaban J connectivity index is 2.10. The fourth-order valence-electron chi connectivity index (χ4n) is 2.41. The van der Waals surface area contributed by atoms with Gasteiger partial charge in [-0.3, -0.25) is 9.36 Å². The van der Waals surface area contributed by atoms with Crippen molar-refractivity contribution in [3.63, 3.8) is 0 Å². The molecule has 120 valence electrons. The zero-order chi connectivity index (χ0) is 16.4. The lowest BCUT2D eigenvalue weighted by atomic mass is 10.3. The van der Waals surface area contributed by atoms with Crippen molar-refractivity contribution in [1.29, 1.82) is 0 Å². The molecule has 0 fully saturated rings. The van der Waals surface area contributed by atoms with Crippen LogP contribution in [-0.4, -0.2) is 36.1 Å². The topological polar surface area (TPSA) is 50.2 Å². The second-order valence-corrected chi connectivity index (χ2v) is 6.56. The maximum absolute atomic E-state index is 12.2. The molecule has 0 unspecified atom stereocenters. The van der Waals surface area contributed by atoms with E-state index in [1.54, 1.807) is 0 Å². The lowest BCUT2D eigenvalue weighted by Crippen LogP contribution is -2.22. The third-order valence-corrected chi connectivity index (χ3v) is 4.60. The van der Waals surface area contributed by atoms with Crippen LogP contribution in [0.1, 0.15) is 23.0 Å². The van der Waals surface area contributed by atoms with E-state index < -0.39 is 0 Å². The summed E-state index contributed by atoms with van der Waals surface area (Å²) in [5, 5.41) is 2.92. The van der Waals surface area contributed by atoms with Crippen molar-refractivity contribution in [2.24, 2.45) is 0 Å². The standard InChI is InChI=1S/C17H20N4OS/c1-4-10-18-15(22)14-11-13-16(23-14)21(17(19-13)20(2)3)12-8-6-5-7-9-12/h5-9,11H,4,10H2,1-3H3,(H,18,22). The number of para-hydroxylation sites is 1. The van der Waals surface area contributed by atoms with Crippen molar-refractivity contribution in [2.45, 2.75) is 13.3 Å². The van der Waals surface area contributed by atoms with Crippen LogP contribution in [0.5, 0.6) is 0 Å². The van der Waals surface area contributed by atoms with Gasteiger partial charge in [-0.1, -0.05) is 25.1 Å². The summed E-state index contributed by atoms with van der Waals surface area (Å²) in [4.78, 5) is 20.6. The number of hydrogen-bond donors (Lipinski definition) is 1. The molecule has 0 radical (unpaired) electrons. The molecule has 1 N–H and O–H groups in total. The number of benzene rings is 1. The minimum Gasteiger partial charge on any atom is -0.351 e. The summed E-state index contributed by atoms with van der Waals surface area (Å²) in [5.41, 5.74) is 1.89. The summed E-state index contributed by atoms with van der Waals surface area (Å²) in [5.74, 6) is 0.832. The third kappa shape index (κ3) is 2.94. The number of hydrogen-bond acceptors (Lipinski definition) is 4. The fourth-order valence-corrected chi connectivity index (χ4v) is 3.44. The molecule has 23 heavy (non-hydrogen) atoms. The van der Waals surface area contributed by atoms with Gasteiger partial charge in [-0.2, -0.15) is 0 Å². The molecule has 5 nitrogen and oxygen atoms in total. The number of thiophene rings is 1. The maximum Gasteiger partial charge on any atom is 0.261 e. The number of imidazole rings is 1. The summed E-state index contributed by atoms with van der Waals surface area (Å²) in [7, 11) is 3.94. The number of nitrogens with one attached hydrogen (secondary N) is 1. The van der Waals surface area contributed by atoms with Gasteiger partial charge in [-0.25, -0.2) is 4.98 Å². The average Bonchev–Trinajstić information content (AvgIpc) is 3.11. The van der Waals surface area contributed by atoms with Crippen molar-refractivity contribution in [3.05, 3.63) is 41.3 Å². The minimum atomic E-state index is -0.0270. The summed E-state index contributed by atoms with van der Waals surface area (Å²) >= 11 is 1.48. The highest BCUT2D eigenvalue weighted by Crippen LogP contribution is 2.32. The molecule has 0 aliphatic rings. The van der Waals surface area contributed by atoms with Gasteiger partial charge in [-0.05, 0) is 24.6 Å². The van der Waals surface area contributed by atoms with Crippen LogP contribution < -0.4 is 10.2 Å². The van der Waals surface area contributed by atoms with Crippen molar-refractivity contribution in [1.82, 2.24) is 14.9 Å². The summed E-state index contributed by atoms with van der Waals surface area (Å²) < 4.78 is 2.09. The van der Waals surface area contributed by atoms with Crippen molar-refractivity contribution in [2.75, 3.05) is 25.5 Å². The molecule has 0 bridgehead atoms. The van der Waals surface area contributed by atoms with Crippen LogP contribution in [0.2, 0.25) is 0 Å². The van der Waals surface area contributed by atoms with Crippen molar-refractivity contribution >= 4 is 33.5 Å². The number of fused-ring (bicyclic) bond motifs is 1. The molecule has 0 saturated heterocycles. The lowest BCUT2D eigenvalue weighted by Gasteiger charge is -2.14. The monoisotopic (exact) mass is 328 g/mol. The largest absolute Gasteiger partial charge is 0.351 e. The molecule has 0 spiro atoms. The summed E-state index contributed by atoms with van der Waals surface area (Å²) in [6.07, 6.45) is 0.926. The van der Waals surface area contributed by atoms with Gasteiger partial charge in [0.1, 0.15) is 10.3 Å². The molecule has 3 aromatic rings. The molecule has 0 saturated carbocycles. The average molecular weight is 328 g/mol. The van der Waals surface area contributed by atoms with Gasteiger partial charge in [0.25, 0.3) is 5.91 Å². The third-order valence-electron chi connectivity index (χ3n) is 3.49. The number of aromatic nitrogens is 2. The van der Waals surface area contributed by atoms with E-state index in [1.807, 2.05) is 62.3 Å². The molecule has 3 rings (SSSR count). The van der Waals surface area contributed by atoms with E-state index in [4.69, 9.17) is 4.98 Å². The van der Waals surface area contributed by atoms with Gasteiger partial charge in [0, 0.05) is 26.3 Å². The van der Waals surface area contributed by atoms with Gasteiger partial charge in [-0.15, -0.1) is 11.3 Å². The number of rotatable bonds is 5. The van der Waals surface area contributed by atoms with Gasteiger partial charge < -0.3 is 10.2 Å². The Morgan fingerprint density at radius 1 is 1.30 bits per heavy atom. The van der Waals surface area contributed by atoms with Crippen LogP contribution in [0.15, 0.2) is 36.4 Å². The Morgan fingerprint density at radius 3 is 2.70 bits per heavy atom. The molecule has 0 aliphatic carbocycles. The summed E-state index contributed by atoms with van der Waals surface area (Å²) in [6.45, 7) is 2.73. The Kier molecular flexibility index (Phi) is 4.34. The number of anilines is 1. The Bertz CT molecular complexity index is 820. The van der Waals surface area contributed by atoms with E-state index in [0.29, 0.717) is 11.4 Å². The normalized spacial score (nSPS) is 10.9. The van der Waals surface area contributed by atoms with Crippen LogP contribution in [-0.2, 0) is 0 Å². The number of amides is 1. The molecule has 2 aromatic heterocycles. The Hall–Kier alpha value is -2.34. The molecular weight excluding hydrogens is 308 g/mol. The van der Waals surface area contributed by atoms with Crippen LogP contribution in [0.25, 0.3) is 16.0 Å². The predicted octanol–water partition coefficient (Wildman–Crippen LogP) is 3.29. The highest BCUT2D eigenvalue weighted by Gasteiger charge is 2.19. The first kappa shape index (κ1) is 15.6. The molecule has 0 atom stereocenters. The van der Waals surface area contributed by atoms with Crippen LogP contribution in [0, 0.1) is 0 Å². The van der Waals surface area contributed by atoms with E-state index in [9.17, 15) is 4.79 Å². The smallest absolute Gasteiger partial charge is 0.261 e. The first-order chi connectivity index (χ1) is 11.1. The molecule has 6 heteroatoms. The van der Waals surface area contributed by atoms with Crippen LogP contribution in [0.3, 0.4) is 0 Å². The summed E-state index contributed by atoms with van der Waals surface area (Å²) in [6, 6.07) is 12.0. The van der Waals surface area contributed by atoms with Crippen molar-refractivity contribution < 1.29 is 4.79 Å². The Morgan fingerprint density at radius 2 is 2.04 bits per heavy atom. The molecule has 1 amide bonds. The zero-order valence-corrected chi connectivity index (χ0v) is 14.4.